The maximum absolute atomic E-state index is 11.8. The van der Waals surface area contributed by atoms with Crippen molar-refractivity contribution in [1.82, 2.24) is 10.9 Å². The Balaban J connectivity index is 1.88. The molecule has 6 nitrogen and oxygen atoms in total. The lowest BCUT2D eigenvalue weighted by atomic mass is 10.1. The molecule has 1 unspecified atom stereocenters. The van der Waals surface area contributed by atoms with Gasteiger partial charge in [-0.2, -0.15) is 0 Å². The molecule has 1 fully saturated rings. The van der Waals surface area contributed by atoms with E-state index in [1.807, 2.05) is 0 Å². The number of sulfone groups is 1. The van der Waals surface area contributed by atoms with E-state index in [0.717, 1.165) is 0 Å². The van der Waals surface area contributed by atoms with Crippen LogP contribution in [0.3, 0.4) is 0 Å². The van der Waals surface area contributed by atoms with Gasteiger partial charge in [-0.3, -0.25) is 20.4 Å². The van der Waals surface area contributed by atoms with E-state index < -0.39 is 27.6 Å². The normalized spacial score (nSPS) is 19.7. The number of amides is 2. The fourth-order valence-corrected chi connectivity index (χ4v) is 4.36. The maximum Gasteiger partial charge on any atom is 0.262 e. The predicted octanol–water partition coefficient (Wildman–Crippen LogP) is 1.59. The van der Waals surface area contributed by atoms with Gasteiger partial charge in [-0.15, -0.1) is 0 Å². The molecule has 0 bridgehead atoms. The van der Waals surface area contributed by atoms with Crippen LogP contribution in [0.5, 0.6) is 0 Å². The molecule has 1 atom stereocenters. The third-order valence-corrected chi connectivity index (χ3v) is 5.74. The van der Waals surface area contributed by atoms with E-state index in [2.05, 4.69) is 10.9 Å². The van der Waals surface area contributed by atoms with Crippen molar-refractivity contribution in [2.45, 2.75) is 6.42 Å². The Hall–Kier alpha value is -1.57. The Labute approximate surface area is 143 Å². The number of carbonyl (C=O) groups excluding carboxylic acids is 2. The Morgan fingerprint density at radius 2 is 1.83 bits per heavy atom. The summed E-state index contributed by atoms with van der Waals surface area (Å²) in [6.45, 7) is 0. The van der Waals surface area contributed by atoms with Crippen molar-refractivity contribution >= 4 is 50.9 Å². The lowest BCUT2D eigenvalue weighted by Gasteiger charge is -2.09. The van der Waals surface area contributed by atoms with E-state index in [9.17, 15) is 18.0 Å². The summed E-state index contributed by atoms with van der Waals surface area (Å²) in [6, 6.07) is 4.94. The third-order valence-electron chi connectivity index (χ3n) is 3.31. The minimum Gasteiger partial charge on any atom is -0.273 e. The number of rotatable bonds is 3. The highest BCUT2D eigenvalue weighted by atomic mass is 35.5. The lowest BCUT2D eigenvalue weighted by Crippen LogP contribution is -2.44. The van der Waals surface area contributed by atoms with Crippen molar-refractivity contribution in [1.29, 1.82) is 0 Å². The topological polar surface area (TPSA) is 92.3 Å². The van der Waals surface area contributed by atoms with Crippen LogP contribution in [0.25, 0.3) is 6.08 Å². The first-order valence-corrected chi connectivity index (χ1v) is 9.28. The van der Waals surface area contributed by atoms with Crippen LogP contribution in [-0.2, 0) is 19.4 Å². The molecule has 2 N–H and O–H groups in total. The molecule has 0 aliphatic carbocycles. The zero-order valence-electron chi connectivity index (χ0n) is 11.9. The first-order valence-electron chi connectivity index (χ1n) is 6.71. The number of hydrazine groups is 1. The number of hydrogen-bond donors (Lipinski definition) is 2. The average Bonchev–Trinajstić information content (AvgIpc) is 2.84. The van der Waals surface area contributed by atoms with E-state index in [1.165, 1.54) is 12.2 Å². The summed E-state index contributed by atoms with van der Waals surface area (Å²) in [6.07, 6.45) is 2.85. The van der Waals surface area contributed by atoms with Crippen LogP contribution in [0.15, 0.2) is 24.3 Å². The number of carbonyl (C=O) groups is 2. The average molecular weight is 377 g/mol. The second kappa shape index (κ2) is 7.33. The molecule has 0 spiro atoms. The lowest BCUT2D eigenvalue weighted by molar-refractivity contribution is -0.129. The molecule has 0 saturated carbocycles. The molecule has 23 heavy (non-hydrogen) atoms. The molecule has 1 aromatic rings. The first-order chi connectivity index (χ1) is 10.8. The fourth-order valence-electron chi connectivity index (χ4n) is 2.10. The number of hydrogen-bond acceptors (Lipinski definition) is 4. The molecule has 1 heterocycles. The molecule has 1 saturated heterocycles. The molecule has 1 aliphatic heterocycles. The molecule has 124 valence electrons. The Morgan fingerprint density at radius 3 is 2.39 bits per heavy atom. The summed E-state index contributed by atoms with van der Waals surface area (Å²) < 4.78 is 22.6. The van der Waals surface area contributed by atoms with Crippen molar-refractivity contribution in [2.75, 3.05) is 11.5 Å². The Kier molecular flexibility index (Phi) is 5.67. The van der Waals surface area contributed by atoms with Gasteiger partial charge in [0.15, 0.2) is 9.84 Å². The molecule has 0 aromatic heterocycles. The molecule has 1 aromatic carbocycles. The maximum atomic E-state index is 11.8. The summed E-state index contributed by atoms with van der Waals surface area (Å²) in [4.78, 5) is 23.4. The molecule has 2 amide bonds. The molecule has 2 rings (SSSR count). The molecule has 1 aliphatic rings. The summed E-state index contributed by atoms with van der Waals surface area (Å²) in [5.41, 5.74) is 4.88. The van der Waals surface area contributed by atoms with Crippen molar-refractivity contribution in [3.05, 3.63) is 39.9 Å². The molecular formula is C14H14Cl2N2O4S. The van der Waals surface area contributed by atoms with Gasteiger partial charge >= 0.3 is 0 Å². The van der Waals surface area contributed by atoms with Crippen LogP contribution in [0.2, 0.25) is 10.0 Å². The van der Waals surface area contributed by atoms with Gasteiger partial charge in [0.2, 0.25) is 5.91 Å². The van der Waals surface area contributed by atoms with Crippen LogP contribution in [0.4, 0.5) is 0 Å². The van der Waals surface area contributed by atoms with Crippen LogP contribution in [0.1, 0.15) is 12.0 Å². The number of nitrogens with one attached hydrogen (secondary N) is 2. The summed E-state index contributed by atoms with van der Waals surface area (Å²) >= 11 is 11.9. The number of benzene rings is 1. The quantitative estimate of drug-likeness (QED) is 0.618. The van der Waals surface area contributed by atoms with E-state index in [4.69, 9.17) is 23.2 Å². The van der Waals surface area contributed by atoms with E-state index in [-0.39, 0.29) is 17.9 Å². The van der Waals surface area contributed by atoms with Gasteiger partial charge in [-0.1, -0.05) is 29.3 Å². The fraction of sp³-hybridized carbons (Fsp3) is 0.286. The second-order valence-corrected chi connectivity index (χ2v) is 8.09. The second-order valence-electron chi connectivity index (χ2n) is 5.05. The van der Waals surface area contributed by atoms with Crippen LogP contribution in [0, 0.1) is 5.92 Å². The largest absolute Gasteiger partial charge is 0.273 e. The van der Waals surface area contributed by atoms with Crippen LogP contribution in [-0.4, -0.2) is 31.7 Å². The Bertz CT molecular complexity index is 742. The van der Waals surface area contributed by atoms with E-state index in [0.29, 0.717) is 15.6 Å². The number of halogens is 2. The van der Waals surface area contributed by atoms with Gasteiger partial charge in [0, 0.05) is 21.7 Å². The van der Waals surface area contributed by atoms with Crippen LogP contribution < -0.4 is 10.9 Å². The minimum absolute atomic E-state index is 0.00998. The summed E-state index contributed by atoms with van der Waals surface area (Å²) in [5.74, 6) is -1.95. The van der Waals surface area contributed by atoms with Gasteiger partial charge in [0.05, 0.1) is 17.4 Å². The van der Waals surface area contributed by atoms with Gasteiger partial charge in [0.25, 0.3) is 5.91 Å². The van der Waals surface area contributed by atoms with Gasteiger partial charge < -0.3 is 0 Å². The van der Waals surface area contributed by atoms with Gasteiger partial charge in [-0.05, 0) is 24.6 Å². The van der Waals surface area contributed by atoms with Gasteiger partial charge in [0.1, 0.15) is 0 Å². The molecule has 9 heteroatoms. The van der Waals surface area contributed by atoms with E-state index >= 15 is 0 Å². The molecule has 0 radical (unpaired) electrons. The van der Waals surface area contributed by atoms with Gasteiger partial charge in [-0.25, -0.2) is 8.42 Å². The monoisotopic (exact) mass is 376 g/mol. The predicted molar refractivity (Wildman–Crippen MR) is 88.5 cm³/mol. The first kappa shape index (κ1) is 17.8. The highest BCUT2D eigenvalue weighted by Gasteiger charge is 2.32. The van der Waals surface area contributed by atoms with Crippen molar-refractivity contribution in [2.24, 2.45) is 5.92 Å². The summed E-state index contributed by atoms with van der Waals surface area (Å²) in [5, 5.41) is 0.781. The van der Waals surface area contributed by atoms with Crippen molar-refractivity contribution < 1.29 is 18.0 Å². The SMILES string of the molecule is O=C(/C=C/c1c(Cl)cccc1Cl)NNC(=O)C1CCS(=O)(=O)C1. The highest BCUT2D eigenvalue weighted by molar-refractivity contribution is 7.91. The highest BCUT2D eigenvalue weighted by Crippen LogP contribution is 2.25. The Morgan fingerprint density at radius 1 is 1.17 bits per heavy atom. The summed E-state index contributed by atoms with van der Waals surface area (Å²) in [7, 11) is -3.15. The van der Waals surface area contributed by atoms with Crippen molar-refractivity contribution in [3.63, 3.8) is 0 Å². The van der Waals surface area contributed by atoms with E-state index in [1.54, 1.807) is 18.2 Å². The zero-order chi connectivity index (χ0) is 17.0. The molecular weight excluding hydrogens is 363 g/mol. The third kappa shape index (κ3) is 4.95. The van der Waals surface area contributed by atoms with Crippen LogP contribution >= 0.6 is 23.2 Å². The zero-order valence-corrected chi connectivity index (χ0v) is 14.2. The minimum atomic E-state index is -3.15. The standard InChI is InChI=1S/C14H14Cl2N2O4S/c15-11-2-1-3-12(16)10(11)4-5-13(19)17-18-14(20)9-6-7-23(21,22)8-9/h1-5,9H,6-8H2,(H,17,19)(H,18,20)/b5-4+. The smallest absolute Gasteiger partial charge is 0.262 e. The van der Waals surface area contributed by atoms with Crippen molar-refractivity contribution in [3.8, 4) is 0 Å².